The molecule has 3 nitrogen and oxygen atoms in total. The van der Waals surface area contributed by atoms with Gasteiger partial charge in [-0.05, 0) is 19.1 Å². The topological polar surface area (TPSA) is 38.7 Å². The van der Waals surface area contributed by atoms with E-state index in [9.17, 15) is 0 Å². The summed E-state index contributed by atoms with van der Waals surface area (Å²) in [4.78, 5) is 12.4. The summed E-state index contributed by atoms with van der Waals surface area (Å²) < 4.78 is 0. The number of rotatable bonds is 1. The van der Waals surface area contributed by atoms with Gasteiger partial charge in [0.05, 0.1) is 11.9 Å². The quantitative estimate of drug-likeness (QED) is 0.657. The Bertz CT molecular complexity index is 381. The van der Waals surface area contributed by atoms with Gasteiger partial charge in [-0.15, -0.1) is 0 Å². The molecule has 0 spiro atoms. The van der Waals surface area contributed by atoms with E-state index in [0.29, 0.717) is 0 Å². The smallest absolute Gasteiger partial charge is 0.0900 e. The first-order valence-electron chi connectivity index (χ1n) is 4.05. The van der Waals surface area contributed by atoms with Crippen LogP contribution >= 0.6 is 0 Å². The molecule has 0 amide bonds. The maximum atomic E-state index is 4.19. The van der Waals surface area contributed by atoms with Crippen molar-refractivity contribution in [3.63, 3.8) is 0 Å². The van der Waals surface area contributed by atoms with Crippen LogP contribution in [0.2, 0.25) is 0 Å². The number of hydrogen-bond acceptors (Lipinski definition) is 3. The second-order valence-electron chi connectivity index (χ2n) is 2.78. The molecule has 2 aromatic heterocycles. The minimum Gasteiger partial charge on any atom is -0.261 e. The monoisotopic (exact) mass is 171 g/mol. The second kappa shape index (κ2) is 3.31. The van der Waals surface area contributed by atoms with Crippen molar-refractivity contribution in [3.05, 3.63) is 42.6 Å². The van der Waals surface area contributed by atoms with Gasteiger partial charge in [0.25, 0.3) is 0 Å². The second-order valence-corrected chi connectivity index (χ2v) is 2.78. The average Bonchev–Trinajstić information content (AvgIpc) is 2.20. The summed E-state index contributed by atoms with van der Waals surface area (Å²) in [6.45, 7) is 1.96. The third-order valence-corrected chi connectivity index (χ3v) is 1.77. The molecule has 0 unspecified atom stereocenters. The van der Waals surface area contributed by atoms with Crippen LogP contribution in [-0.2, 0) is 0 Å². The Morgan fingerprint density at radius 2 is 1.92 bits per heavy atom. The Morgan fingerprint density at radius 1 is 1.00 bits per heavy atom. The maximum Gasteiger partial charge on any atom is 0.0900 e. The molecule has 0 aromatic carbocycles. The molecule has 64 valence electrons. The predicted octanol–water partition coefficient (Wildman–Crippen LogP) is 1.85. The van der Waals surface area contributed by atoms with Crippen molar-refractivity contribution in [2.75, 3.05) is 0 Å². The van der Waals surface area contributed by atoms with Crippen molar-refractivity contribution in [1.82, 2.24) is 15.0 Å². The van der Waals surface area contributed by atoms with Crippen LogP contribution in [0.3, 0.4) is 0 Å². The summed E-state index contributed by atoms with van der Waals surface area (Å²) in [5.41, 5.74) is 2.86. The molecular formula is C10H9N3. The highest BCUT2D eigenvalue weighted by molar-refractivity contribution is 5.56. The van der Waals surface area contributed by atoms with Crippen LogP contribution in [-0.4, -0.2) is 15.0 Å². The minimum absolute atomic E-state index is 0.856. The first-order valence-corrected chi connectivity index (χ1v) is 4.05. The van der Waals surface area contributed by atoms with Gasteiger partial charge in [-0.2, -0.15) is 0 Å². The molecule has 0 aliphatic rings. The van der Waals surface area contributed by atoms with Gasteiger partial charge in [-0.1, -0.05) is 0 Å². The van der Waals surface area contributed by atoms with Crippen molar-refractivity contribution in [2.24, 2.45) is 0 Å². The van der Waals surface area contributed by atoms with Crippen LogP contribution < -0.4 is 0 Å². The number of aryl methyl sites for hydroxylation is 1. The lowest BCUT2D eigenvalue weighted by Gasteiger charge is -1.98. The van der Waals surface area contributed by atoms with Crippen LogP contribution in [0.5, 0.6) is 0 Å². The fraction of sp³-hybridized carbons (Fsp3) is 0.100. The highest BCUT2D eigenvalue weighted by atomic mass is 14.8. The van der Waals surface area contributed by atoms with Gasteiger partial charge in [0, 0.05) is 29.8 Å². The van der Waals surface area contributed by atoms with Gasteiger partial charge in [0.1, 0.15) is 0 Å². The maximum absolute atomic E-state index is 4.19. The van der Waals surface area contributed by atoms with E-state index in [1.807, 2.05) is 19.1 Å². The summed E-state index contributed by atoms with van der Waals surface area (Å²) >= 11 is 0. The zero-order valence-corrected chi connectivity index (χ0v) is 7.31. The molecule has 0 bridgehead atoms. The number of nitrogens with zero attached hydrogens (tertiary/aromatic N) is 3. The van der Waals surface area contributed by atoms with Crippen molar-refractivity contribution in [3.8, 4) is 11.3 Å². The van der Waals surface area contributed by atoms with E-state index in [1.165, 1.54) is 0 Å². The summed E-state index contributed by atoms with van der Waals surface area (Å²) in [6, 6.07) is 3.95. The van der Waals surface area contributed by atoms with Crippen LogP contribution in [0.4, 0.5) is 0 Å². The standard InChI is InChI=1S/C10H9N3/c1-8-2-3-9(6-13-8)10-7-11-4-5-12-10/h2-7H,1H3. The lowest BCUT2D eigenvalue weighted by molar-refractivity contribution is 1.17. The normalized spacial score (nSPS) is 9.92. The van der Waals surface area contributed by atoms with Crippen LogP contribution in [0.25, 0.3) is 11.3 Å². The van der Waals surface area contributed by atoms with Gasteiger partial charge in [0.15, 0.2) is 0 Å². The molecule has 0 aliphatic heterocycles. The summed E-state index contributed by atoms with van der Waals surface area (Å²) in [5.74, 6) is 0. The number of pyridine rings is 1. The summed E-state index contributed by atoms with van der Waals surface area (Å²) in [6.07, 6.45) is 6.87. The molecule has 0 saturated heterocycles. The summed E-state index contributed by atoms with van der Waals surface area (Å²) in [5, 5.41) is 0. The van der Waals surface area contributed by atoms with E-state index >= 15 is 0 Å². The van der Waals surface area contributed by atoms with E-state index in [1.54, 1.807) is 24.8 Å². The molecule has 0 fully saturated rings. The third-order valence-electron chi connectivity index (χ3n) is 1.77. The van der Waals surface area contributed by atoms with Gasteiger partial charge in [-0.3, -0.25) is 15.0 Å². The number of aromatic nitrogens is 3. The molecule has 3 heteroatoms. The average molecular weight is 171 g/mol. The van der Waals surface area contributed by atoms with Crippen molar-refractivity contribution in [1.29, 1.82) is 0 Å². The minimum atomic E-state index is 0.856. The number of hydrogen-bond donors (Lipinski definition) is 0. The molecule has 2 heterocycles. The van der Waals surface area contributed by atoms with Gasteiger partial charge in [-0.25, -0.2) is 0 Å². The molecule has 0 radical (unpaired) electrons. The molecular weight excluding hydrogens is 162 g/mol. The first-order chi connectivity index (χ1) is 6.36. The first kappa shape index (κ1) is 7.86. The van der Waals surface area contributed by atoms with Crippen LogP contribution in [0.15, 0.2) is 36.9 Å². The molecule has 13 heavy (non-hydrogen) atoms. The lowest BCUT2D eigenvalue weighted by atomic mass is 10.2. The van der Waals surface area contributed by atoms with Crippen LogP contribution in [0.1, 0.15) is 5.69 Å². The largest absolute Gasteiger partial charge is 0.261 e. The molecule has 2 aromatic rings. The molecule has 0 saturated carbocycles. The van der Waals surface area contributed by atoms with E-state index in [2.05, 4.69) is 15.0 Å². The Labute approximate surface area is 76.5 Å². The Morgan fingerprint density at radius 3 is 2.54 bits per heavy atom. The van der Waals surface area contributed by atoms with Crippen molar-refractivity contribution >= 4 is 0 Å². The molecule has 0 aliphatic carbocycles. The van der Waals surface area contributed by atoms with E-state index in [-0.39, 0.29) is 0 Å². The Hall–Kier alpha value is -1.77. The Kier molecular flexibility index (Phi) is 2.00. The van der Waals surface area contributed by atoms with E-state index in [4.69, 9.17) is 0 Å². The zero-order chi connectivity index (χ0) is 9.10. The van der Waals surface area contributed by atoms with E-state index < -0.39 is 0 Å². The fourth-order valence-electron chi connectivity index (χ4n) is 1.07. The van der Waals surface area contributed by atoms with Gasteiger partial charge >= 0.3 is 0 Å². The highest BCUT2D eigenvalue weighted by Crippen LogP contribution is 2.13. The predicted molar refractivity (Wildman–Crippen MR) is 50.0 cm³/mol. The van der Waals surface area contributed by atoms with E-state index in [0.717, 1.165) is 17.0 Å². The van der Waals surface area contributed by atoms with Crippen LogP contribution in [0, 0.1) is 6.92 Å². The molecule has 0 atom stereocenters. The van der Waals surface area contributed by atoms with Crippen molar-refractivity contribution in [2.45, 2.75) is 6.92 Å². The zero-order valence-electron chi connectivity index (χ0n) is 7.31. The SMILES string of the molecule is Cc1ccc(-c2cnccn2)cn1. The Balaban J connectivity index is 2.42. The fourth-order valence-corrected chi connectivity index (χ4v) is 1.07. The summed E-state index contributed by atoms with van der Waals surface area (Å²) in [7, 11) is 0. The molecule has 2 rings (SSSR count). The highest BCUT2D eigenvalue weighted by Gasteiger charge is 1.97. The molecule has 0 N–H and O–H groups in total. The van der Waals surface area contributed by atoms with Gasteiger partial charge in [0.2, 0.25) is 0 Å². The van der Waals surface area contributed by atoms with Crippen molar-refractivity contribution < 1.29 is 0 Å². The lowest BCUT2D eigenvalue weighted by Crippen LogP contribution is -1.86. The third kappa shape index (κ3) is 1.69. The van der Waals surface area contributed by atoms with Gasteiger partial charge < -0.3 is 0 Å².